The first-order valence-electron chi connectivity index (χ1n) is 7.56. The van der Waals surface area contributed by atoms with Gasteiger partial charge in [0, 0.05) is 0 Å². The highest BCUT2D eigenvalue weighted by molar-refractivity contribution is 6.30. The van der Waals surface area contributed by atoms with Gasteiger partial charge in [-0.3, -0.25) is 0 Å². The largest absolute Gasteiger partial charge is 0.444 e. The van der Waals surface area contributed by atoms with E-state index in [0.717, 1.165) is 6.07 Å². The molecule has 1 amide bonds. The fourth-order valence-electron chi connectivity index (χ4n) is 2.36. The Morgan fingerprint density at radius 3 is 2.67 bits per heavy atom. The van der Waals surface area contributed by atoms with Crippen LogP contribution in [0.1, 0.15) is 46.1 Å². The molecule has 0 aliphatic heterocycles. The van der Waals surface area contributed by atoms with Gasteiger partial charge in [0.05, 0.1) is 11.6 Å². The Bertz CT molecular complexity index is 640. The molecule has 24 heavy (non-hydrogen) atoms. The fourth-order valence-corrected chi connectivity index (χ4v) is 2.54. The number of aromatic nitrogens is 1. The van der Waals surface area contributed by atoms with Gasteiger partial charge in [-0.25, -0.2) is 14.2 Å². The molecule has 0 bridgehead atoms. The third-order valence-corrected chi connectivity index (χ3v) is 3.61. The normalized spacial score (nSPS) is 13.7. The molecule has 1 heterocycles. The summed E-state index contributed by atoms with van der Waals surface area (Å²) in [4.78, 5) is 15.0. The number of carbonyl (C=O) groups is 1. The van der Waals surface area contributed by atoms with Crippen LogP contribution in [0.4, 0.5) is 15.0 Å². The van der Waals surface area contributed by atoms with E-state index in [1.54, 1.807) is 6.07 Å². The van der Waals surface area contributed by atoms with Crippen molar-refractivity contribution in [3.63, 3.8) is 0 Å². The van der Waals surface area contributed by atoms with E-state index in [4.69, 9.17) is 27.3 Å². The number of primary amides is 1. The van der Waals surface area contributed by atoms with Crippen LogP contribution in [0.2, 0.25) is 5.15 Å². The number of halogens is 2. The summed E-state index contributed by atoms with van der Waals surface area (Å²) < 4.78 is 19.3. The number of hydrogen-bond donors (Lipinski definition) is 2. The van der Waals surface area contributed by atoms with Crippen molar-refractivity contribution in [3.8, 4) is 6.07 Å². The van der Waals surface area contributed by atoms with Crippen molar-refractivity contribution in [3.05, 3.63) is 22.6 Å². The standard InChI is InChI=1S/C16H22ClFN4O2/c1-5-12(24-15(20)23)11(7-16(2,3)4)21-14-10(18)6-9(8-19)13(17)22-14/h6,11-12H,5,7H2,1-4H3,(H2,20,23)(H,21,22)/t11-,12+/m1/s1. The maximum atomic E-state index is 14.2. The van der Waals surface area contributed by atoms with E-state index < -0.39 is 24.1 Å². The van der Waals surface area contributed by atoms with Crippen LogP contribution in [0.15, 0.2) is 6.07 Å². The summed E-state index contributed by atoms with van der Waals surface area (Å²) >= 11 is 5.87. The van der Waals surface area contributed by atoms with Crippen LogP contribution in [-0.2, 0) is 4.74 Å². The molecule has 8 heteroatoms. The maximum Gasteiger partial charge on any atom is 0.404 e. The number of nitrogens with two attached hydrogens (primary N) is 1. The second kappa shape index (κ2) is 8.15. The van der Waals surface area contributed by atoms with Crippen LogP contribution in [0.5, 0.6) is 0 Å². The SMILES string of the molecule is CC[C@H](OC(N)=O)[C@@H](CC(C)(C)C)Nc1nc(Cl)c(C#N)cc1F. The summed E-state index contributed by atoms with van der Waals surface area (Å²) in [5.74, 6) is -0.802. The molecule has 0 radical (unpaired) electrons. The number of pyridine rings is 1. The van der Waals surface area contributed by atoms with Gasteiger partial charge in [0.15, 0.2) is 11.6 Å². The number of ether oxygens (including phenoxy) is 1. The molecule has 0 saturated heterocycles. The van der Waals surface area contributed by atoms with Crippen molar-refractivity contribution in [2.24, 2.45) is 11.1 Å². The van der Waals surface area contributed by atoms with Crippen molar-refractivity contribution in [2.75, 3.05) is 5.32 Å². The van der Waals surface area contributed by atoms with E-state index in [0.29, 0.717) is 12.8 Å². The minimum atomic E-state index is -0.895. The van der Waals surface area contributed by atoms with Gasteiger partial charge < -0.3 is 15.8 Å². The molecule has 0 aliphatic carbocycles. The zero-order chi connectivity index (χ0) is 18.5. The average molecular weight is 357 g/mol. The minimum absolute atomic E-state index is 0.0486. The molecular formula is C16H22ClFN4O2. The van der Waals surface area contributed by atoms with Crippen LogP contribution in [-0.4, -0.2) is 23.2 Å². The van der Waals surface area contributed by atoms with Crippen molar-refractivity contribution in [1.29, 1.82) is 5.26 Å². The predicted octanol–water partition coefficient (Wildman–Crippen LogP) is 3.84. The molecule has 3 N–H and O–H groups in total. The van der Waals surface area contributed by atoms with E-state index in [2.05, 4.69) is 10.3 Å². The highest BCUT2D eigenvalue weighted by Gasteiger charge is 2.29. The Kier molecular flexibility index (Phi) is 6.79. The summed E-state index contributed by atoms with van der Waals surface area (Å²) in [5, 5.41) is 11.7. The van der Waals surface area contributed by atoms with Crippen LogP contribution in [0.3, 0.4) is 0 Å². The molecule has 0 saturated carbocycles. The second-order valence-electron chi connectivity index (χ2n) is 6.67. The molecule has 0 unspecified atom stereocenters. The molecule has 1 rings (SSSR count). The lowest BCUT2D eigenvalue weighted by atomic mass is 9.85. The summed E-state index contributed by atoms with van der Waals surface area (Å²) in [6.07, 6.45) is -0.397. The number of amides is 1. The van der Waals surface area contributed by atoms with Gasteiger partial charge in [0.2, 0.25) is 0 Å². The first-order chi connectivity index (χ1) is 11.1. The Balaban J connectivity index is 3.15. The Labute approximate surface area is 146 Å². The van der Waals surface area contributed by atoms with Gasteiger partial charge in [-0.05, 0) is 24.3 Å². The Morgan fingerprint density at radius 1 is 1.58 bits per heavy atom. The number of nitrogens with one attached hydrogen (secondary N) is 1. The van der Waals surface area contributed by atoms with E-state index in [1.807, 2.05) is 27.7 Å². The van der Waals surface area contributed by atoms with Gasteiger partial charge >= 0.3 is 6.09 Å². The van der Waals surface area contributed by atoms with Crippen LogP contribution < -0.4 is 11.1 Å². The summed E-state index contributed by atoms with van der Waals surface area (Å²) in [6.45, 7) is 7.86. The van der Waals surface area contributed by atoms with E-state index in [1.165, 1.54) is 0 Å². The summed E-state index contributed by atoms with van der Waals surface area (Å²) in [7, 11) is 0. The highest BCUT2D eigenvalue weighted by Crippen LogP contribution is 2.28. The first-order valence-corrected chi connectivity index (χ1v) is 7.94. The van der Waals surface area contributed by atoms with Gasteiger partial charge in [0.1, 0.15) is 17.3 Å². The van der Waals surface area contributed by atoms with E-state index in [-0.39, 0.29) is 21.9 Å². The molecule has 0 fully saturated rings. The number of anilines is 1. The van der Waals surface area contributed by atoms with E-state index in [9.17, 15) is 9.18 Å². The molecular weight excluding hydrogens is 335 g/mol. The number of nitriles is 1. The lowest BCUT2D eigenvalue weighted by molar-refractivity contribution is 0.0819. The number of carbonyl (C=O) groups excluding carboxylic acids is 1. The smallest absolute Gasteiger partial charge is 0.404 e. The zero-order valence-corrected chi connectivity index (χ0v) is 14.9. The summed E-state index contributed by atoms with van der Waals surface area (Å²) in [5.41, 5.74) is 4.95. The van der Waals surface area contributed by atoms with Crippen molar-refractivity contribution in [1.82, 2.24) is 4.98 Å². The quantitative estimate of drug-likeness (QED) is 0.754. The molecule has 2 atom stereocenters. The monoisotopic (exact) mass is 356 g/mol. The van der Waals surface area contributed by atoms with Crippen LogP contribution in [0.25, 0.3) is 0 Å². The van der Waals surface area contributed by atoms with Gasteiger partial charge in [-0.15, -0.1) is 0 Å². The Morgan fingerprint density at radius 2 is 2.21 bits per heavy atom. The first kappa shape index (κ1) is 20.0. The van der Waals surface area contributed by atoms with Crippen LogP contribution in [0, 0.1) is 22.6 Å². The number of hydrogen-bond acceptors (Lipinski definition) is 5. The molecule has 132 valence electrons. The third kappa shape index (κ3) is 5.85. The topological polar surface area (TPSA) is 101 Å². The zero-order valence-electron chi connectivity index (χ0n) is 14.2. The lowest BCUT2D eigenvalue weighted by Gasteiger charge is -2.32. The highest BCUT2D eigenvalue weighted by atomic mass is 35.5. The van der Waals surface area contributed by atoms with Crippen LogP contribution >= 0.6 is 11.6 Å². The molecule has 0 aromatic carbocycles. The molecule has 1 aromatic heterocycles. The molecule has 0 aliphatic rings. The maximum absolute atomic E-state index is 14.2. The van der Waals surface area contributed by atoms with Crippen molar-refractivity contribution >= 4 is 23.5 Å². The van der Waals surface area contributed by atoms with Gasteiger partial charge in [-0.1, -0.05) is 39.3 Å². The van der Waals surface area contributed by atoms with Gasteiger partial charge in [0.25, 0.3) is 0 Å². The molecule has 1 aromatic rings. The van der Waals surface area contributed by atoms with Gasteiger partial charge in [-0.2, -0.15) is 5.26 Å². The number of nitrogens with zero attached hydrogens (tertiary/aromatic N) is 2. The Hall–Kier alpha value is -2.07. The fraction of sp³-hybridized carbons (Fsp3) is 0.562. The predicted molar refractivity (Wildman–Crippen MR) is 90.2 cm³/mol. The van der Waals surface area contributed by atoms with Crippen molar-refractivity contribution in [2.45, 2.75) is 52.7 Å². The molecule has 0 spiro atoms. The van der Waals surface area contributed by atoms with E-state index >= 15 is 0 Å². The third-order valence-electron chi connectivity index (χ3n) is 3.32. The second-order valence-corrected chi connectivity index (χ2v) is 7.03. The number of rotatable bonds is 6. The summed E-state index contributed by atoms with van der Waals surface area (Å²) in [6, 6.07) is 2.36. The molecule has 6 nitrogen and oxygen atoms in total. The van der Waals surface area contributed by atoms with Crippen molar-refractivity contribution < 1.29 is 13.9 Å². The average Bonchev–Trinajstić information content (AvgIpc) is 2.45. The minimum Gasteiger partial charge on any atom is -0.444 e. The lowest BCUT2D eigenvalue weighted by Crippen LogP contribution is -2.41.